The van der Waals surface area contributed by atoms with Gasteiger partial charge in [0.15, 0.2) is 0 Å². The fraction of sp³-hybridized carbons (Fsp3) is 0.762. The van der Waals surface area contributed by atoms with Gasteiger partial charge in [0.1, 0.15) is 19.0 Å². The van der Waals surface area contributed by atoms with Crippen LogP contribution in [0.25, 0.3) is 0 Å². The first-order valence-electron chi connectivity index (χ1n) is 10.2. The molecule has 0 spiro atoms. The van der Waals surface area contributed by atoms with Crippen molar-refractivity contribution in [2.45, 2.75) is 69.2 Å². The maximum atomic E-state index is 12.2. The van der Waals surface area contributed by atoms with Crippen LogP contribution in [0.4, 0.5) is 0 Å². The van der Waals surface area contributed by atoms with E-state index in [2.05, 4.69) is 6.58 Å². The van der Waals surface area contributed by atoms with E-state index in [1.54, 1.807) is 6.92 Å². The fourth-order valence-electron chi connectivity index (χ4n) is 5.74. The van der Waals surface area contributed by atoms with E-state index in [0.29, 0.717) is 30.3 Å². The Kier molecular flexibility index (Phi) is 5.42. The number of carbonyl (C=O) groups is 3. The average molecular weight is 408 g/mol. The number of hydrogen-bond donors (Lipinski definition) is 0. The summed E-state index contributed by atoms with van der Waals surface area (Å²) >= 11 is 0. The quantitative estimate of drug-likeness (QED) is 0.198. The SMILES string of the molecule is C=C(C)C(=O)OC12CC3CC(CC(OCOCC(=O)OC4CCOC4=O)(C3)C1)C2. The number of cyclic esters (lactones) is 1. The van der Waals surface area contributed by atoms with E-state index in [1.165, 1.54) is 0 Å². The maximum Gasteiger partial charge on any atom is 0.347 e. The zero-order chi connectivity index (χ0) is 20.6. The molecule has 4 bridgehead atoms. The number of esters is 3. The van der Waals surface area contributed by atoms with Gasteiger partial charge >= 0.3 is 17.9 Å². The smallest absolute Gasteiger partial charge is 0.347 e. The number of ether oxygens (including phenoxy) is 5. The molecule has 0 aromatic rings. The molecule has 8 nitrogen and oxygen atoms in total. The van der Waals surface area contributed by atoms with Gasteiger partial charge in [-0.2, -0.15) is 0 Å². The second-order valence-corrected chi connectivity index (χ2v) is 9.04. The molecule has 0 N–H and O–H groups in total. The fourth-order valence-corrected chi connectivity index (χ4v) is 5.74. The Balaban J connectivity index is 1.28. The molecule has 160 valence electrons. The summed E-state index contributed by atoms with van der Waals surface area (Å²) in [5, 5.41) is 0. The molecule has 0 amide bonds. The molecule has 4 aliphatic carbocycles. The molecule has 3 unspecified atom stereocenters. The summed E-state index contributed by atoms with van der Waals surface area (Å²) in [5.74, 6) is -0.542. The maximum absolute atomic E-state index is 12.2. The molecule has 1 aliphatic heterocycles. The summed E-state index contributed by atoms with van der Waals surface area (Å²) in [6.07, 6.45) is 4.90. The highest BCUT2D eigenvalue weighted by Crippen LogP contribution is 2.60. The summed E-state index contributed by atoms with van der Waals surface area (Å²) in [7, 11) is 0. The van der Waals surface area contributed by atoms with Crippen molar-refractivity contribution >= 4 is 17.9 Å². The van der Waals surface area contributed by atoms with Gasteiger partial charge in [-0.25, -0.2) is 14.4 Å². The molecule has 5 fully saturated rings. The van der Waals surface area contributed by atoms with Crippen LogP contribution < -0.4 is 0 Å². The van der Waals surface area contributed by atoms with Crippen molar-refractivity contribution in [1.29, 1.82) is 0 Å². The van der Waals surface area contributed by atoms with Crippen LogP contribution in [0.15, 0.2) is 12.2 Å². The number of rotatable bonds is 8. The van der Waals surface area contributed by atoms with Gasteiger partial charge < -0.3 is 23.7 Å². The summed E-state index contributed by atoms with van der Waals surface area (Å²) in [6, 6.07) is 0. The summed E-state index contributed by atoms with van der Waals surface area (Å²) < 4.78 is 27.2. The Morgan fingerprint density at radius 3 is 2.48 bits per heavy atom. The van der Waals surface area contributed by atoms with Crippen LogP contribution >= 0.6 is 0 Å². The van der Waals surface area contributed by atoms with Gasteiger partial charge in [0, 0.05) is 18.4 Å². The first-order chi connectivity index (χ1) is 13.8. The van der Waals surface area contributed by atoms with Gasteiger partial charge in [0.2, 0.25) is 6.10 Å². The first kappa shape index (κ1) is 20.3. The third-order valence-electron chi connectivity index (χ3n) is 6.44. The van der Waals surface area contributed by atoms with Gasteiger partial charge in [-0.3, -0.25) is 0 Å². The molecule has 5 aliphatic rings. The molecular weight excluding hydrogens is 380 g/mol. The minimum absolute atomic E-state index is 0.0475. The lowest BCUT2D eigenvalue weighted by Crippen LogP contribution is -2.61. The van der Waals surface area contributed by atoms with E-state index in [0.717, 1.165) is 32.1 Å². The summed E-state index contributed by atoms with van der Waals surface area (Å²) in [6.45, 7) is 5.28. The van der Waals surface area contributed by atoms with Crippen molar-refractivity contribution in [3.05, 3.63) is 12.2 Å². The Bertz CT molecular complexity index is 699. The lowest BCUT2D eigenvalue weighted by atomic mass is 9.52. The Morgan fingerprint density at radius 1 is 1.17 bits per heavy atom. The van der Waals surface area contributed by atoms with Crippen LogP contribution in [0.3, 0.4) is 0 Å². The Hall–Kier alpha value is -1.93. The van der Waals surface area contributed by atoms with Crippen LogP contribution in [0.2, 0.25) is 0 Å². The second-order valence-electron chi connectivity index (χ2n) is 9.04. The van der Waals surface area contributed by atoms with Gasteiger partial charge in [-0.15, -0.1) is 0 Å². The lowest BCUT2D eigenvalue weighted by molar-refractivity contribution is -0.253. The molecule has 29 heavy (non-hydrogen) atoms. The van der Waals surface area contributed by atoms with Gasteiger partial charge in [-0.1, -0.05) is 6.58 Å². The first-order valence-corrected chi connectivity index (χ1v) is 10.2. The highest BCUT2D eigenvalue weighted by Gasteiger charge is 2.60. The predicted molar refractivity (Wildman–Crippen MR) is 98.4 cm³/mol. The zero-order valence-corrected chi connectivity index (χ0v) is 16.8. The average Bonchev–Trinajstić information content (AvgIpc) is 3.02. The van der Waals surface area contributed by atoms with Crippen molar-refractivity contribution in [1.82, 2.24) is 0 Å². The number of hydrogen-bond acceptors (Lipinski definition) is 8. The normalized spacial score (nSPS) is 37.3. The summed E-state index contributed by atoms with van der Waals surface area (Å²) in [5.41, 5.74) is -0.468. The van der Waals surface area contributed by atoms with Crippen LogP contribution in [-0.2, 0) is 38.1 Å². The minimum Gasteiger partial charge on any atom is -0.463 e. The second kappa shape index (κ2) is 7.72. The largest absolute Gasteiger partial charge is 0.463 e. The topological polar surface area (TPSA) is 97.4 Å². The minimum atomic E-state index is -0.835. The summed E-state index contributed by atoms with van der Waals surface area (Å²) in [4.78, 5) is 35.3. The third-order valence-corrected chi connectivity index (χ3v) is 6.44. The molecule has 8 heteroatoms. The molecule has 0 radical (unpaired) electrons. The Morgan fingerprint density at radius 2 is 1.86 bits per heavy atom. The van der Waals surface area contributed by atoms with Crippen molar-refractivity contribution < 1.29 is 38.1 Å². The standard InChI is InChI=1S/C21H28O8/c1-13(2)18(23)29-21-8-14-5-15(9-21)7-20(6-14,11-21)27-12-25-10-17(22)28-16-3-4-26-19(16)24/h14-16H,1,3-12H2,2H3. The van der Waals surface area contributed by atoms with Crippen LogP contribution in [0, 0.1) is 11.8 Å². The Labute approximate surface area is 169 Å². The molecular formula is C21H28O8. The van der Waals surface area contributed by atoms with Crippen LogP contribution in [0.5, 0.6) is 0 Å². The predicted octanol–water partition coefficient (Wildman–Crippen LogP) is 2.05. The highest BCUT2D eigenvalue weighted by atomic mass is 16.7. The molecule has 3 atom stereocenters. The molecule has 0 aromatic carbocycles. The van der Waals surface area contributed by atoms with Gasteiger partial charge in [-0.05, 0) is 50.9 Å². The van der Waals surface area contributed by atoms with Gasteiger partial charge in [0.05, 0.1) is 12.2 Å². The molecule has 1 saturated heterocycles. The highest BCUT2D eigenvalue weighted by molar-refractivity contribution is 5.87. The lowest BCUT2D eigenvalue weighted by Gasteiger charge is -2.60. The van der Waals surface area contributed by atoms with Crippen LogP contribution in [0.1, 0.15) is 51.9 Å². The van der Waals surface area contributed by atoms with E-state index in [-0.39, 0.29) is 26.0 Å². The number of carbonyl (C=O) groups excluding carboxylic acids is 3. The van der Waals surface area contributed by atoms with Crippen molar-refractivity contribution in [2.75, 3.05) is 20.0 Å². The van der Waals surface area contributed by atoms with E-state index >= 15 is 0 Å². The van der Waals surface area contributed by atoms with Crippen LogP contribution in [-0.4, -0.2) is 55.2 Å². The monoisotopic (exact) mass is 408 g/mol. The van der Waals surface area contributed by atoms with Crippen molar-refractivity contribution in [3.8, 4) is 0 Å². The third kappa shape index (κ3) is 4.33. The molecule has 0 aromatic heterocycles. The van der Waals surface area contributed by atoms with E-state index in [4.69, 9.17) is 23.7 Å². The molecule has 5 rings (SSSR count). The van der Waals surface area contributed by atoms with E-state index in [9.17, 15) is 14.4 Å². The van der Waals surface area contributed by atoms with Crippen molar-refractivity contribution in [3.63, 3.8) is 0 Å². The van der Waals surface area contributed by atoms with Gasteiger partial charge in [0.25, 0.3) is 0 Å². The molecule has 1 heterocycles. The van der Waals surface area contributed by atoms with E-state index in [1.807, 2.05) is 0 Å². The zero-order valence-electron chi connectivity index (χ0n) is 16.8. The van der Waals surface area contributed by atoms with Crippen molar-refractivity contribution in [2.24, 2.45) is 11.8 Å². The molecule has 4 saturated carbocycles. The van der Waals surface area contributed by atoms with E-state index < -0.39 is 29.2 Å².